The standard InChI is InChI=1S/C8H9F3N2O3S/c1-5(8(9,10)11)16-7-3-2-6(4-13-7)17(12,14)15/h2-5H,1H3,(H2,12,14,15). The Morgan fingerprint density at radius 3 is 2.35 bits per heavy atom. The van der Waals surface area contributed by atoms with E-state index in [4.69, 9.17) is 5.14 Å². The van der Waals surface area contributed by atoms with Gasteiger partial charge in [-0.1, -0.05) is 0 Å². The van der Waals surface area contributed by atoms with E-state index in [1.807, 2.05) is 0 Å². The van der Waals surface area contributed by atoms with Crippen molar-refractivity contribution in [1.82, 2.24) is 4.98 Å². The maximum absolute atomic E-state index is 12.1. The van der Waals surface area contributed by atoms with Crippen LogP contribution in [0.3, 0.4) is 0 Å². The second kappa shape index (κ2) is 4.49. The van der Waals surface area contributed by atoms with E-state index in [9.17, 15) is 21.6 Å². The molecule has 1 aromatic heterocycles. The molecule has 1 heterocycles. The van der Waals surface area contributed by atoms with Crippen molar-refractivity contribution in [3.8, 4) is 5.88 Å². The van der Waals surface area contributed by atoms with Crippen LogP contribution in [0.1, 0.15) is 6.92 Å². The van der Waals surface area contributed by atoms with Crippen LogP contribution in [0.5, 0.6) is 5.88 Å². The molecular formula is C8H9F3N2O3S. The van der Waals surface area contributed by atoms with Gasteiger partial charge in [-0.15, -0.1) is 0 Å². The van der Waals surface area contributed by atoms with E-state index in [1.54, 1.807) is 0 Å². The molecule has 0 bridgehead atoms. The molecule has 5 nitrogen and oxygen atoms in total. The van der Waals surface area contributed by atoms with Crippen molar-refractivity contribution in [2.75, 3.05) is 0 Å². The van der Waals surface area contributed by atoms with E-state index >= 15 is 0 Å². The van der Waals surface area contributed by atoms with Gasteiger partial charge in [-0.2, -0.15) is 13.2 Å². The zero-order chi connectivity index (χ0) is 13.3. The molecule has 0 aromatic carbocycles. The Morgan fingerprint density at radius 1 is 1.41 bits per heavy atom. The summed E-state index contributed by atoms with van der Waals surface area (Å²) in [5.74, 6) is -0.331. The van der Waals surface area contributed by atoms with Crippen molar-refractivity contribution in [2.24, 2.45) is 5.14 Å². The first-order chi connectivity index (χ1) is 7.60. The molecule has 1 aromatic rings. The van der Waals surface area contributed by atoms with Gasteiger partial charge in [-0.05, 0) is 13.0 Å². The van der Waals surface area contributed by atoms with Gasteiger partial charge in [0.25, 0.3) is 0 Å². The van der Waals surface area contributed by atoms with E-state index in [1.165, 1.54) is 0 Å². The van der Waals surface area contributed by atoms with Gasteiger partial charge in [-0.3, -0.25) is 0 Å². The average Bonchev–Trinajstić information content (AvgIpc) is 2.15. The first-order valence-corrected chi connectivity index (χ1v) is 5.87. The van der Waals surface area contributed by atoms with E-state index in [-0.39, 0.29) is 10.8 Å². The minimum atomic E-state index is -4.51. The van der Waals surface area contributed by atoms with Crippen LogP contribution in [0.4, 0.5) is 13.2 Å². The van der Waals surface area contributed by atoms with Crippen LogP contribution in [-0.2, 0) is 10.0 Å². The normalized spacial score (nSPS) is 14.4. The van der Waals surface area contributed by atoms with Crippen molar-refractivity contribution in [3.63, 3.8) is 0 Å². The smallest absolute Gasteiger partial charge is 0.425 e. The predicted octanol–water partition coefficient (Wildman–Crippen LogP) is 1.06. The number of sulfonamides is 1. The van der Waals surface area contributed by atoms with Gasteiger partial charge in [-0.25, -0.2) is 18.5 Å². The lowest BCUT2D eigenvalue weighted by molar-refractivity contribution is -0.190. The van der Waals surface area contributed by atoms with Crippen molar-refractivity contribution < 1.29 is 26.3 Å². The molecule has 0 fully saturated rings. The molecule has 1 rings (SSSR count). The van der Waals surface area contributed by atoms with E-state index in [2.05, 4.69) is 9.72 Å². The fourth-order valence-electron chi connectivity index (χ4n) is 0.853. The summed E-state index contributed by atoms with van der Waals surface area (Å²) in [4.78, 5) is 3.12. The van der Waals surface area contributed by atoms with Crippen LogP contribution in [0, 0.1) is 0 Å². The molecule has 0 aliphatic rings. The SMILES string of the molecule is CC(Oc1ccc(S(N)(=O)=O)cn1)C(F)(F)F. The molecule has 96 valence electrons. The van der Waals surface area contributed by atoms with Crippen LogP contribution in [0.15, 0.2) is 23.2 Å². The molecule has 0 aliphatic carbocycles. The van der Waals surface area contributed by atoms with Crippen LogP contribution >= 0.6 is 0 Å². The van der Waals surface area contributed by atoms with Crippen LogP contribution in [-0.4, -0.2) is 25.7 Å². The third-order valence-corrected chi connectivity index (χ3v) is 2.69. The quantitative estimate of drug-likeness (QED) is 0.890. The number of nitrogens with zero attached hydrogens (tertiary/aromatic N) is 1. The Bertz CT molecular complexity index is 484. The molecule has 2 N–H and O–H groups in total. The number of halogens is 3. The summed E-state index contributed by atoms with van der Waals surface area (Å²) in [7, 11) is -3.92. The number of nitrogens with two attached hydrogens (primary N) is 1. The molecular weight excluding hydrogens is 261 g/mol. The lowest BCUT2D eigenvalue weighted by Gasteiger charge is -2.16. The molecule has 9 heteroatoms. The second-order valence-electron chi connectivity index (χ2n) is 3.18. The number of rotatable bonds is 3. The highest BCUT2D eigenvalue weighted by molar-refractivity contribution is 7.89. The minimum Gasteiger partial charge on any atom is -0.465 e. The number of hydrogen-bond acceptors (Lipinski definition) is 4. The Kier molecular flexibility index (Phi) is 3.62. The number of pyridine rings is 1. The Hall–Kier alpha value is -1.35. The summed E-state index contributed by atoms with van der Waals surface area (Å²) in [6, 6.07) is 2.02. The maximum Gasteiger partial charge on any atom is 0.425 e. The zero-order valence-electron chi connectivity index (χ0n) is 8.60. The maximum atomic E-state index is 12.1. The van der Waals surface area contributed by atoms with Crippen LogP contribution in [0.25, 0.3) is 0 Å². The lowest BCUT2D eigenvalue weighted by atomic mass is 10.4. The Labute approximate surface area is 95.5 Å². The third kappa shape index (κ3) is 3.86. The molecule has 0 aliphatic heterocycles. The lowest BCUT2D eigenvalue weighted by Crippen LogP contribution is -2.31. The molecule has 0 spiro atoms. The predicted molar refractivity (Wildman–Crippen MR) is 51.8 cm³/mol. The molecule has 0 saturated heterocycles. The Balaban J connectivity index is 2.83. The molecule has 17 heavy (non-hydrogen) atoms. The van der Waals surface area contributed by atoms with Crippen molar-refractivity contribution in [3.05, 3.63) is 18.3 Å². The summed E-state index contributed by atoms with van der Waals surface area (Å²) in [6.07, 6.45) is -5.72. The van der Waals surface area contributed by atoms with Crippen LogP contribution in [0.2, 0.25) is 0 Å². The topological polar surface area (TPSA) is 82.3 Å². The van der Waals surface area contributed by atoms with Crippen molar-refractivity contribution in [2.45, 2.75) is 24.1 Å². The monoisotopic (exact) mass is 270 g/mol. The minimum absolute atomic E-state index is 0.301. The van der Waals surface area contributed by atoms with Gasteiger partial charge >= 0.3 is 6.18 Å². The number of alkyl halides is 3. The number of hydrogen-bond donors (Lipinski definition) is 1. The van der Waals surface area contributed by atoms with Gasteiger partial charge < -0.3 is 4.74 Å². The Morgan fingerprint density at radius 2 is 2.00 bits per heavy atom. The third-order valence-electron chi connectivity index (χ3n) is 1.80. The number of aromatic nitrogens is 1. The van der Waals surface area contributed by atoms with Crippen molar-refractivity contribution >= 4 is 10.0 Å². The summed E-state index contributed by atoms with van der Waals surface area (Å²) >= 11 is 0. The fraction of sp³-hybridized carbons (Fsp3) is 0.375. The summed E-state index contributed by atoms with van der Waals surface area (Å²) in [6.45, 7) is 0.815. The highest BCUT2D eigenvalue weighted by Gasteiger charge is 2.38. The van der Waals surface area contributed by atoms with E-state index in [0.717, 1.165) is 25.3 Å². The van der Waals surface area contributed by atoms with Gasteiger partial charge in [0.1, 0.15) is 4.90 Å². The molecule has 0 amide bonds. The summed E-state index contributed by atoms with van der Waals surface area (Å²) in [5.41, 5.74) is 0. The highest BCUT2D eigenvalue weighted by Crippen LogP contribution is 2.24. The first-order valence-electron chi connectivity index (χ1n) is 4.33. The largest absolute Gasteiger partial charge is 0.465 e. The second-order valence-corrected chi connectivity index (χ2v) is 4.74. The number of primary sulfonamides is 1. The van der Waals surface area contributed by atoms with Gasteiger partial charge in [0, 0.05) is 6.07 Å². The summed E-state index contributed by atoms with van der Waals surface area (Å²) < 4.78 is 62.6. The number of ether oxygens (including phenoxy) is 1. The highest BCUT2D eigenvalue weighted by atomic mass is 32.2. The molecule has 0 radical (unpaired) electrons. The average molecular weight is 270 g/mol. The van der Waals surface area contributed by atoms with Gasteiger partial charge in [0.05, 0.1) is 6.20 Å². The summed E-state index contributed by atoms with van der Waals surface area (Å²) in [5, 5.41) is 4.79. The van der Waals surface area contributed by atoms with E-state index in [0.29, 0.717) is 0 Å². The van der Waals surface area contributed by atoms with Gasteiger partial charge in [0.2, 0.25) is 15.9 Å². The fourth-order valence-corrected chi connectivity index (χ4v) is 1.31. The molecule has 0 saturated carbocycles. The first kappa shape index (κ1) is 13.7. The molecule has 1 unspecified atom stereocenters. The van der Waals surface area contributed by atoms with Crippen LogP contribution < -0.4 is 9.88 Å². The zero-order valence-corrected chi connectivity index (χ0v) is 9.42. The van der Waals surface area contributed by atoms with E-state index < -0.39 is 22.3 Å². The molecule has 1 atom stereocenters. The van der Waals surface area contributed by atoms with Crippen molar-refractivity contribution in [1.29, 1.82) is 0 Å². The van der Waals surface area contributed by atoms with Gasteiger partial charge in [0.15, 0.2) is 6.10 Å².